The minimum atomic E-state index is -1.17. The number of aryl methyl sites for hydroxylation is 2. The predicted octanol–water partition coefficient (Wildman–Crippen LogP) is 0.810. The molecule has 2 aliphatic heterocycles. The van der Waals surface area contributed by atoms with Crippen LogP contribution in [0.3, 0.4) is 0 Å². The lowest BCUT2D eigenvalue weighted by Gasteiger charge is -2.33. The van der Waals surface area contributed by atoms with Gasteiger partial charge in [-0.3, -0.25) is 9.48 Å². The van der Waals surface area contributed by atoms with Gasteiger partial charge in [0.05, 0.1) is 24.1 Å². The second kappa shape index (κ2) is 7.09. The highest BCUT2D eigenvalue weighted by Gasteiger charge is 2.32. The number of imidazole rings is 1. The molecule has 1 amide bonds. The van der Waals surface area contributed by atoms with Crippen LogP contribution in [0.1, 0.15) is 47.6 Å². The van der Waals surface area contributed by atoms with Crippen molar-refractivity contribution in [3.8, 4) is 0 Å². The highest BCUT2D eigenvalue weighted by molar-refractivity contribution is 5.82. The number of carbonyl (C=O) groups is 1. The lowest BCUT2D eigenvalue weighted by atomic mass is 9.92. The molecule has 0 radical (unpaired) electrons. The van der Waals surface area contributed by atoms with Crippen molar-refractivity contribution >= 4 is 5.91 Å². The maximum Gasteiger partial charge on any atom is 0.256 e. The summed E-state index contributed by atoms with van der Waals surface area (Å²) < 4.78 is 3.84. The fourth-order valence-corrected chi connectivity index (χ4v) is 4.27. The molecule has 4 rings (SSSR count). The zero-order valence-electron chi connectivity index (χ0n) is 16.3. The first-order valence-electron chi connectivity index (χ1n) is 9.64. The van der Waals surface area contributed by atoms with Crippen molar-refractivity contribution in [2.75, 3.05) is 26.7 Å². The highest BCUT2D eigenvalue weighted by atomic mass is 16.3. The van der Waals surface area contributed by atoms with Gasteiger partial charge >= 0.3 is 0 Å². The fourth-order valence-electron chi connectivity index (χ4n) is 4.27. The average Bonchev–Trinajstić information content (AvgIpc) is 3.24. The third-order valence-electron chi connectivity index (χ3n) is 5.92. The minimum Gasteiger partial charge on any atom is -0.378 e. The van der Waals surface area contributed by atoms with E-state index >= 15 is 0 Å². The van der Waals surface area contributed by atoms with Crippen LogP contribution in [0.5, 0.6) is 0 Å². The number of nitrogens with zero attached hydrogens (tertiary/aromatic N) is 6. The molecule has 2 aliphatic rings. The molecule has 8 nitrogen and oxygen atoms in total. The van der Waals surface area contributed by atoms with Gasteiger partial charge < -0.3 is 19.5 Å². The Balaban J connectivity index is 1.54. The molecule has 1 fully saturated rings. The van der Waals surface area contributed by atoms with Crippen molar-refractivity contribution in [2.45, 2.75) is 44.9 Å². The van der Waals surface area contributed by atoms with Crippen molar-refractivity contribution in [3.05, 3.63) is 35.2 Å². The zero-order chi connectivity index (χ0) is 19.1. The Morgan fingerprint density at radius 1 is 1.22 bits per heavy atom. The monoisotopic (exact) mass is 372 g/mol. The normalized spacial score (nSPS) is 19.9. The number of aliphatic hydroxyl groups is 1. The second-order valence-corrected chi connectivity index (χ2v) is 7.83. The van der Waals surface area contributed by atoms with E-state index in [9.17, 15) is 9.90 Å². The molecule has 1 unspecified atom stereocenters. The molecule has 0 bridgehead atoms. The van der Waals surface area contributed by atoms with Crippen molar-refractivity contribution in [2.24, 2.45) is 7.05 Å². The Morgan fingerprint density at radius 2 is 1.96 bits per heavy atom. The Kier molecular flexibility index (Phi) is 4.77. The predicted molar refractivity (Wildman–Crippen MR) is 100 cm³/mol. The molecule has 8 heteroatoms. The lowest BCUT2D eigenvalue weighted by molar-refractivity contribution is -0.142. The molecule has 146 valence electrons. The molecular weight excluding hydrogens is 344 g/mol. The number of piperidine rings is 1. The summed E-state index contributed by atoms with van der Waals surface area (Å²) in [7, 11) is 3.93. The summed E-state index contributed by atoms with van der Waals surface area (Å²) >= 11 is 0. The third kappa shape index (κ3) is 3.39. The first-order valence-corrected chi connectivity index (χ1v) is 9.64. The Labute approximate surface area is 159 Å². The van der Waals surface area contributed by atoms with Crippen LogP contribution in [0.25, 0.3) is 0 Å². The van der Waals surface area contributed by atoms with Gasteiger partial charge in [-0.15, -0.1) is 0 Å². The van der Waals surface area contributed by atoms with Crippen LogP contribution in [0.4, 0.5) is 0 Å². The Hall–Kier alpha value is -2.19. The molecule has 1 N–H and O–H groups in total. The molecule has 2 aromatic heterocycles. The molecule has 1 saturated heterocycles. The smallest absolute Gasteiger partial charge is 0.256 e. The van der Waals surface area contributed by atoms with Crippen molar-refractivity contribution in [1.82, 2.24) is 29.1 Å². The Morgan fingerprint density at radius 3 is 2.63 bits per heavy atom. The summed E-state index contributed by atoms with van der Waals surface area (Å²) in [6.07, 6.45) is 4.27. The molecule has 0 aliphatic carbocycles. The quantitative estimate of drug-likeness (QED) is 0.863. The second-order valence-electron chi connectivity index (χ2n) is 7.83. The first kappa shape index (κ1) is 18.2. The maximum absolute atomic E-state index is 12.9. The molecule has 1 atom stereocenters. The van der Waals surface area contributed by atoms with Gasteiger partial charge in [0.1, 0.15) is 5.82 Å². The van der Waals surface area contributed by atoms with Crippen LogP contribution in [0.15, 0.2) is 12.4 Å². The Bertz CT molecular complexity index is 833. The van der Waals surface area contributed by atoms with E-state index in [-0.39, 0.29) is 5.91 Å². The summed E-state index contributed by atoms with van der Waals surface area (Å²) in [6.45, 7) is 6.04. The molecule has 0 aromatic carbocycles. The number of hydrogen-bond donors (Lipinski definition) is 1. The van der Waals surface area contributed by atoms with Crippen molar-refractivity contribution in [1.29, 1.82) is 0 Å². The number of likely N-dealkylation sites (tertiary alicyclic amines) is 1. The SMILES string of the molecule is Cc1nc(C2CCN(C)CC2)c2n1CCN(C(=O)C(O)c1cnn(C)c1)C2. The zero-order valence-corrected chi connectivity index (χ0v) is 16.3. The van der Waals surface area contributed by atoms with E-state index in [0.29, 0.717) is 24.6 Å². The van der Waals surface area contributed by atoms with Crippen LogP contribution in [0, 0.1) is 6.92 Å². The van der Waals surface area contributed by atoms with Crippen molar-refractivity contribution < 1.29 is 9.90 Å². The number of rotatable bonds is 3. The summed E-state index contributed by atoms with van der Waals surface area (Å²) in [4.78, 5) is 21.8. The van der Waals surface area contributed by atoms with E-state index < -0.39 is 6.10 Å². The number of amides is 1. The molecular formula is C19H28N6O2. The first-order chi connectivity index (χ1) is 12.9. The molecule has 4 heterocycles. The fraction of sp³-hybridized carbons (Fsp3) is 0.632. The van der Waals surface area contributed by atoms with Crippen LogP contribution < -0.4 is 0 Å². The van der Waals surface area contributed by atoms with Gasteiger partial charge in [-0.05, 0) is 39.9 Å². The van der Waals surface area contributed by atoms with Gasteiger partial charge in [0.15, 0.2) is 6.10 Å². The van der Waals surface area contributed by atoms with E-state index in [1.807, 2.05) is 6.92 Å². The number of hydrogen-bond acceptors (Lipinski definition) is 5. The van der Waals surface area contributed by atoms with E-state index in [2.05, 4.69) is 21.6 Å². The molecule has 0 spiro atoms. The van der Waals surface area contributed by atoms with Crippen molar-refractivity contribution in [3.63, 3.8) is 0 Å². The van der Waals surface area contributed by atoms with Gasteiger partial charge in [-0.25, -0.2) is 4.98 Å². The lowest BCUT2D eigenvalue weighted by Crippen LogP contribution is -2.41. The molecule has 0 saturated carbocycles. The van der Waals surface area contributed by atoms with Gasteiger partial charge in [-0.1, -0.05) is 0 Å². The van der Waals surface area contributed by atoms with E-state index in [1.165, 1.54) is 0 Å². The van der Waals surface area contributed by atoms with Crippen LogP contribution in [-0.4, -0.2) is 66.8 Å². The average molecular weight is 372 g/mol. The topological polar surface area (TPSA) is 79.4 Å². The van der Waals surface area contributed by atoms with E-state index in [4.69, 9.17) is 4.98 Å². The van der Waals surface area contributed by atoms with Crippen LogP contribution in [0.2, 0.25) is 0 Å². The summed E-state index contributed by atoms with van der Waals surface area (Å²) in [5.41, 5.74) is 2.82. The highest BCUT2D eigenvalue weighted by Crippen LogP contribution is 2.32. The van der Waals surface area contributed by atoms with E-state index in [0.717, 1.165) is 49.7 Å². The number of aromatic nitrogens is 4. The van der Waals surface area contributed by atoms with Crippen LogP contribution >= 0.6 is 0 Å². The van der Waals surface area contributed by atoms with Crippen LogP contribution in [-0.2, 0) is 24.9 Å². The number of carbonyl (C=O) groups excluding carboxylic acids is 1. The maximum atomic E-state index is 12.9. The summed E-state index contributed by atoms with van der Waals surface area (Å²) in [5.74, 6) is 1.22. The van der Waals surface area contributed by atoms with Gasteiger partial charge in [0, 0.05) is 37.8 Å². The summed E-state index contributed by atoms with van der Waals surface area (Å²) in [5, 5.41) is 14.5. The number of fused-ring (bicyclic) bond motifs is 1. The summed E-state index contributed by atoms with van der Waals surface area (Å²) in [6, 6.07) is 0. The van der Waals surface area contributed by atoms with Gasteiger partial charge in [-0.2, -0.15) is 5.10 Å². The van der Waals surface area contributed by atoms with E-state index in [1.54, 1.807) is 29.0 Å². The number of aliphatic hydroxyl groups excluding tert-OH is 1. The van der Waals surface area contributed by atoms with Gasteiger partial charge in [0.2, 0.25) is 0 Å². The largest absolute Gasteiger partial charge is 0.378 e. The standard InChI is InChI=1S/C19H28N6O2/c1-13-21-17(14-4-6-22(2)7-5-14)16-12-24(8-9-25(13)16)19(27)18(26)15-10-20-23(3)11-15/h10-11,14,18,26H,4-9,12H2,1-3H3. The molecule has 2 aromatic rings. The molecule has 27 heavy (non-hydrogen) atoms. The minimum absolute atomic E-state index is 0.262. The third-order valence-corrected chi connectivity index (χ3v) is 5.92. The van der Waals surface area contributed by atoms with Gasteiger partial charge in [0.25, 0.3) is 5.91 Å².